The summed E-state index contributed by atoms with van der Waals surface area (Å²) in [4.78, 5) is 16.3. The summed E-state index contributed by atoms with van der Waals surface area (Å²) in [7, 11) is 1.51. The number of hydrogen-bond donors (Lipinski definition) is 1. The number of carbonyl (C=O) groups excluding carboxylic acids is 1. The molecule has 0 unspecified atom stereocenters. The van der Waals surface area contributed by atoms with Crippen LogP contribution in [0.25, 0.3) is 11.0 Å². The lowest BCUT2D eigenvalue weighted by Gasteiger charge is -2.11. The fraction of sp³-hybridized carbons (Fsp3) is 0.263. The number of benzene rings is 2. The van der Waals surface area contributed by atoms with Crippen molar-refractivity contribution in [2.45, 2.75) is 20.0 Å². The van der Waals surface area contributed by atoms with Crippen LogP contribution in [-0.4, -0.2) is 29.2 Å². The van der Waals surface area contributed by atoms with E-state index in [-0.39, 0.29) is 12.5 Å². The summed E-state index contributed by atoms with van der Waals surface area (Å²) >= 11 is 0. The number of carbonyl (C=O) groups is 1. The largest absolute Gasteiger partial charge is 0.375 e. The van der Waals surface area contributed by atoms with Gasteiger partial charge in [0, 0.05) is 13.7 Å². The molecule has 24 heavy (non-hydrogen) atoms. The minimum Gasteiger partial charge on any atom is -0.375 e. The van der Waals surface area contributed by atoms with E-state index in [1.54, 1.807) is 0 Å². The Labute approximate surface area is 141 Å². The average molecular weight is 323 g/mol. The molecule has 1 aromatic heterocycles. The maximum absolute atomic E-state index is 11.7. The second-order valence-electron chi connectivity index (χ2n) is 5.80. The van der Waals surface area contributed by atoms with E-state index in [4.69, 9.17) is 4.74 Å². The number of nitrogens with zero attached hydrogens (tertiary/aromatic N) is 2. The van der Waals surface area contributed by atoms with Crippen LogP contribution < -0.4 is 5.32 Å². The molecule has 3 rings (SSSR count). The molecule has 1 N–H and O–H groups in total. The standard InChI is InChI=1S/C19H21N3O2/c1-14-6-5-7-15(10-14)12-22-17-9-4-3-8-16(17)21-18(22)11-20-19(23)13-24-2/h3-10H,11-13H2,1-2H3,(H,20,23). The maximum Gasteiger partial charge on any atom is 0.246 e. The lowest BCUT2D eigenvalue weighted by molar-refractivity contribution is -0.124. The summed E-state index contributed by atoms with van der Waals surface area (Å²) in [6.07, 6.45) is 0. The van der Waals surface area contributed by atoms with Gasteiger partial charge < -0.3 is 14.6 Å². The fourth-order valence-electron chi connectivity index (χ4n) is 2.79. The molecule has 3 aromatic rings. The predicted molar refractivity (Wildman–Crippen MR) is 93.7 cm³/mol. The van der Waals surface area contributed by atoms with Crippen LogP contribution in [0.5, 0.6) is 0 Å². The zero-order valence-electron chi connectivity index (χ0n) is 14.0. The number of rotatable bonds is 6. The van der Waals surface area contributed by atoms with Crippen molar-refractivity contribution in [2.24, 2.45) is 0 Å². The van der Waals surface area contributed by atoms with Crippen LogP contribution in [0.15, 0.2) is 48.5 Å². The minimum atomic E-state index is -0.147. The quantitative estimate of drug-likeness (QED) is 0.759. The Kier molecular flexibility index (Phi) is 4.91. The summed E-state index contributed by atoms with van der Waals surface area (Å²) in [5.41, 5.74) is 4.44. The number of aryl methyl sites for hydroxylation is 1. The molecule has 0 saturated carbocycles. The Morgan fingerprint density at radius 1 is 1.21 bits per heavy atom. The first-order chi connectivity index (χ1) is 11.7. The van der Waals surface area contributed by atoms with Gasteiger partial charge in [0.05, 0.1) is 17.6 Å². The van der Waals surface area contributed by atoms with Crippen LogP contribution in [0.3, 0.4) is 0 Å². The molecule has 0 aliphatic heterocycles. The molecule has 0 bridgehead atoms. The van der Waals surface area contributed by atoms with E-state index in [9.17, 15) is 4.79 Å². The number of methoxy groups -OCH3 is 1. The molecule has 0 saturated heterocycles. The Morgan fingerprint density at radius 3 is 2.83 bits per heavy atom. The number of ether oxygens (including phenoxy) is 1. The second-order valence-corrected chi connectivity index (χ2v) is 5.80. The van der Waals surface area contributed by atoms with Crippen molar-refractivity contribution < 1.29 is 9.53 Å². The number of hydrogen-bond acceptors (Lipinski definition) is 3. The number of nitrogens with one attached hydrogen (secondary N) is 1. The number of para-hydroxylation sites is 2. The summed E-state index contributed by atoms with van der Waals surface area (Å²) in [6, 6.07) is 16.4. The third-order valence-corrected chi connectivity index (χ3v) is 3.88. The minimum absolute atomic E-state index is 0.0537. The van der Waals surface area contributed by atoms with Gasteiger partial charge in [-0.1, -0.05) is 42.0 Å². The van der Waals surface area contributed by atoms with Gasteiger partial charge in [0.15, 0.2) is 0 Å². The summed E-state index contributed by atoms with van der Waals surface area (Å²) in [5.74, 6) is 0.689. The van der Waals surface area contributed by atoms with Crippen molar-refractivity contribution in [2.75, 3.05) is 13.7 Å². The first-order valence-corrected chi connectivity index (χ1v) is 7.92. The summed E-state index contributed by atoms with van der Waals surface area (Å²) in [6.45, 7) is 3.24. The van der Waals surface area contributed by atoms with E-state index < -0.39 is 0 Å². The first kappa shape index (κ1) is 16.2. The number of fused-ring (bicyclic) bond motifs is 1. The van der Waals surface area contributed by atoms with Gasteiger partial charge in [-0.3, -0.25) is 4.79 Å². The third-order valence-electron chi connectivity index (χ3n) is 3.88. The van der Waals surface area contributed by atoms with Crippen molar-refractivity contribution in [1.82, 2.24) is 14.9 Å². The van der Waals surface area contributed by atoms with Gasteiger partial charge in [-0.25, -0.2) is 4.98 Å². The van der Waals surface area contributed by atoms with E-state index in [1.165, 1.54) is 18.2 Å². The van der Waals surface area contributed by atoms with Gasteiger partial charge in [-0.2, -0.15) is 0 Å². The van der Waals surface area contributed by atoms with Crippen molar-refractivity contribution in [3.8, 4) is 0 Å². The highest BCUT2D eigenvalue weighted by Gasteiger charge is 2.12. The molecule has 0 spiro atoms. The molecular weight excluding hydrogens is 302 g/mol. The van der Waals surface area contributed by atoms with Crippen molar-refractivity contribution >= 4 is 16.9 Å². The highest BCUT2D eigenvalue weighted by atomic mass is 16.5. The molecule has 0 radical (unpaired) electrons. The average Bonchev–Trinajstić information content (AvgIpc) is 2.91. The third kappa shape index (κ3) is 3.63. The zero-order valence-corrected chi connectivity index (χ0v) is 14.0. The van der Waals surface area contributed by atoms with Gasteiger partial charge in [0.1, 0.15) is 12.4 Å². The maximum atomic E-state index is 11.7. The highest BCUT2D eigenvalue weighted by Crippen LogP contribution is 2.18. The second kappa shape index (κ2) is 7.27. The van der Waals surface area contributed by atoms with Crippen LogP contribution in [0.4, 0.5) is 0 Å². The van der Waals surface area contributed by atoms with Gasteiger partial charge in [0.2, 0.25) is 5.91 Å². The van der Waals surface area contributed by atoms with E-state index in [0.717, 1.165) is 23.4 Å². The van der Waals surface area contributed by atoms with Gasteiger partial charge in [-0.15, -0.1) is 0 Å². The smallest absolute Gasteiger partial charge is 0.246 e. The van der Waals surface area contributed by atoms with E-state index in [2.05, 4.69) is 52.1 Å². The number of imidazole rings is 1. The molecule has 0 fully saturated rings. The molecule has 0 atom stereocenters. The SMILES string of the molecule is COCC(=O)NCc1nc2ccccc2n1Cc1cccc(C)c1. The Bertz CT molecular complexity index is 855. The molecule has 1 heterocycles. The van der Waals surface area contributed by atoms with Crippen molar-refractivity contribution in [3.63, 3.8) is 0 Å². The number of amides is 1. The van der Waals surface area contributed by atoms with E-state index in [0.29, 0.717) is 6.54 Å². The monoisotopic (exact) mass is 323 g/mol. The first-order valence-electron chi connectivity index (χ1n) is 7.92. The van der Waals surface area contributed by atoms with Crippen molar-refractivity contribution in [3.05, 3.63) is 65.5 Å². The van der Waals surface area contributed by atoms with Crippen LogP contribution in [0.1, 0.15) is 17.0 Å². The Hall–Kier alpha value is -2.66. The van der Waals surface area contributed by atoms with E-state index in [1.807, 2.05) is 18.2 Å². The Morgan fingerprint density at radius 2 is 2.04 bits per heavy atom. The number of aromatic nitrogens is 2. The molecule has 124 valence electrons. The zero-order chi connectivity index (χ0) is 16.9. The van der Waals surface area contributed by atoms with E-state index >= 15 is 0 Å². The molecule has 5 heteroatoms. The van der Waals surface area contributed by atoms with Crippen LogP contribution in [-0.2, 0) is 22.6 Å². The van der Waals surface area contributed by atoms with Crippen LogP contribution in [0.2, 0.25) is 0 Å². The van der Waals surface area contributed by atoms with Gasteiger partial charge in [-0.05, 0) is 24.6 Å². The topological polar surface area (TPSA) is 56.1 Å². The predicted octanol–water partition coefficient (Wildman–Crippen LogP) is 2.66. The fourth-order valence-corrected chi connectivity index (χ4v) is 2.79. The van der Waals surface area contributed by atoms with Crippen LogP contribution >= 0.6 is 0 Å². The van der Waals surface area contributed by atoms with Crippen molar-refractivity contribution in [1.29, 1.82) is 0 Å². The normalized spacial score (nSPS) is 10.9. The van der Waals surface area contributed by atoms with Gasteiger partial charge >= 0.3 is 0 Å². The Balaban J connectivity index is 1.91. The molecule has 0 aliphatic rings. The summed E-state index contributed by atoms with van der Waals surface area (Å²) in [5, 5.41) is 2.85. The lowest BCUT2D eigenvalue weighted by atomic mass is 10.1. The van der Waals surface area contributed by atoms with Gasteiger partial charge in [0.25, 0.3) is 0 Å². The molecule has 2 aromatic carbocycles. The molecule has 1 amide bonds. The highest BCUT2D eigenvalue weighted by molar-refractivity contribution is 5.78. The molecular formula is C19H21N3O2. The molecule has 0 aliphatic carbocycles. The van der Waals surface area contributed by atoms with Crippen LogP contribution in [0, 0.1) is 6.92 Å². The molecule has 5 nitrogen and oxygen atoms in total. The lowest BCUT2D eigenvalue weighted by Crippen LogP contribution is -2.28. The summed E-state index contributed by atoms with van der Waals surface area (Å²) < 4.78 is 7.00.